The van der Waals surface area contributed by atoms with Crippen LogP contribution in [0.2, 0.25) is 0 Å². The lowest BCUT2D eigenvalue weighted by molar-refractivity contribution is 0.636. The van der Waals surface area contributed by atoms with E-state index in [9.17, 15) is 0 Å². The summed E-state index contributed by atoms with van der Waals surface area (Å²) in [5, 5.41) is 3.20. The van der Waals surface area contributed by atoms with E-state index in [1.807, 2.05) is 0 Å². The number of rotatable bonds is 5. The zero-order chi connectivity index (χ0) is 14.4. The molecule has 110 valence electrons. The van der Waals surface area contributed by atoms with Crippen LogP contribution in [0.15, 0.2) is 29.3 Å². The molecule has 20 heavy (non-hydrogen) atoms. The lowest BCUT2D eigenvalue weighted by atomic mass is 10.1. The van der Waals surface area contributed by atoms with E-state index in [2.05, 4.69) is 53.3 Å². The van der Waals surface area contributed by atoms with Crippen LogP contribution >= 0.6 is 0 Å². The smallest absolute Gasteiger partial charge is 0.189 e. The average Bonchev–Trinajstić information content (AvgIpc) is 2.99. The van der Waals surface area contributed by atoms with Crippen molar-refractivity contribution in [2.45, 2.75) is 45.7 Å². The number of nitrogens with two attached hydrogens (primary N) is 1. The van der Waals surface area contributed by atoms with Crippen molar-refractivity contribution in [2.24, 2.45) is 10.7 Å². The highest BCUT2D eigenvalue weighted by molar-refractivity contribution is 5.78. The fourth-order valence-corrected chi connectivity index (χ4v) is 2.48. The molecule has 0 spiro atoms. The third-order valence-electron chi connectivity index (χ3n) is 3.86. The zero-order valence-electron chi connectivity index (χ0n) is 12.6. The Kier molecular flexibility index (Phi) is 5.27. The van der Waals surface area contributed by atoms with Crippen LogP contribution in [0, 0.1) is 0 Å². The van der Waals surface area contributed by atoms with Gasteiger partial charge in [0.05, 0.1) is 6.54 Å². The maximum Gasteiger partial charge on any atom is 0.189 e. The Bertz CT molecular complexity index is 450. The SMILES string of the molecule is CC[C@@H](C)NC(N)=NCc1ccccc1N1CCCC1. The number of hydrogen-bond acceptors (Lipinski definition) is 2. The first-order valence-corrected chi connectivity index (χ1v) is 7.60. The third-order valence-corrected chi connectivity index (χ3v) is 3.86. The van der Waals surface area contributed by atoms with E-state index in [1.54, 1.807) is 0 Å². The van der Waals surface area contributed by atoms with Crippen LogP contribution in [0.1, 0.15) is 38.7 Å². The number of para-hydroxylation sites is 1. The molecule has 1 saturated heterocycles. The van der Waals surface area contributed by atoms with Crippen molar-refractivity contribution < 1.29 is 0 Å². The van der Waals surface area contributed by atoms with E-state index in [0.717, 1.165) is 19.5 Å². The topological polar surface area (TPSA) is 53.6 Å². The molecule has 0 unspecified atom stereocenters. The molecule has 4 nitrogen and oxygen atoms in total. The van der Waals surface area contributed by atoms with E-state index < -0.39 is 0 Å². The second-order valence-corrected chi connectivity index (χ2v) is 5.48. The highest BCUT2D eigenvalue weighted by Crippen LogP contribution is 2.24. The summed E-state index contributed by atoms with van der Waals surface area (Å²) < 4.78 is 0. The molecule has 1 aliphatic heterocycles. The van der Waals surface area contributed by atoms with Crippen LogP contribution in [-0.2, 0) is 6.54 Å². The van der Waals surface area contributed by atoms with E-state index in [4.69, 9.17) is 5.73 Å². The molecule has 2 rings (SSSR count). The molecule has 3 N–H and O–H groups in total. The summed E-state index contributed by atoms with van der Waals surface area (Å²) in [5.41, 5.74) is 8.49. The van der Waals surface area contributed by atoms with Gasteiger partial charge in [0.1, 0.15) is 0 Å². The first-order valence-electron chi connectivity index (χ1n) is 7.60. The lowest BCUT2D eigenvalue weighted by Gasteiger charge is -2.20. The normalized spacial score (nSPS) is 17.3. The van der Waals surface area contributed by atoms with Crippen molar-refractivity contribution in [1.29, 1.82) is 0 Å². The molecule has 1 atom stereocenters. The van der Waals surface area contributed by atoms with E-state index >= 15 is 0 Å². The number of guanidine groups is 1. The standard InChI is InChI=1S/C16H26N4/c1-3-13(2)19-16(17)18-12-14-8-4-5-9-15(14)20-10-6-7-11-20/h4-5,8-9,13H,3,6-7,10-12H2,1-2H3,(H3,17,18,19)/t13-/m1/s1. The van der Waals surface area contributed by atoms with Gasteiger partial charge >= 0.3 is 0 Å². The Labute approximate surface area is 122 Å². The maximum absolute atomic E-state index is 5.93. The summed E-state index contributed by atoms with van der Waals surface area (Å²) >= 11 is 0. The summed E-state index contributed by atoms with van der Waals surface area (Å²) in [6.07, 6.45) is 3.62. The number of aliphatic imine (C=N–C) groups is 1. The van der Waals surface area contributed by atoms with Gasteiger partial charge in [0.25, 0.3) is 0 Å². The van der Waals surface area contributed by atoms with Gasteiger partial charge in [-0.05, 0) is 37.8 Å². The summed E-state index contributed by atoms with van der Waals surface area (Å²) in [7, 11) is 0. The molecule has 1 aromatic rings. The van der Waals surface area contributed by atoms with Crippen molar-refractivity contribution in [2.75, 3.05) is 18.0 Å². The van der Waals surface area contributed by atoms with Gasteiger partial charge in [-0.3, -0.25) is 0 Å². The number of benzene rings is 1. The number of nitrogens with zero attached hydrogens (tertiary/aromatic N) is 2. The summed E-state index contributed by atoms with van der Waals surface area (Å²) in [4.78, 5) is 6.92. The predicted octanol–water partition coefficient (Wildman–Crippen LogP) is 2.49. The molecule has 0 radical (unpaired) electrons. The van der Waals surface area contributed by atoms with E-state index in [0.29, 0.717) is 18.5 Å². The van der Waals surface area contributed by atoms with Crippen molar-refractivity contribution in [3.8, 4) is 0 Å². The van der Waals surface area contributed by atoms with Crippen LogP contribution < -0.4 is 16.0 Å². The zero-order valence-corrected chi connectivity index (χ0v) is 12.6. The first kappa shape index (κ1) is 14.7. The van der Waals surface area contributed by atoms with Crippen molar-refractivity contribution in [3.63, 3.8) is 0 Å². The number of anilines is 1. The molecule has 0 aromatic heterocycles. The van der Waals surface area contributed by atoms with Gasteiger partial charge in [0.2, 0.25) is 0 Å². The molecule has 1 fully saturated rings. The lowest BCUT2D eigenvalue weighted by Crippen LogP contribution is -2.38. The molecule has 1 aromatic carbocycles. The van der Waals surface area contributed by atoms with Crippen LogP contribution in [0.5, 0.6) is 0 Å². The van der Waals surface area contributed by atoms with Crippen molar-refractivity contribution in [1.82, 2.24) is 5.32 Å². The fraction of sp³-hybridized carbons (Fsp3) is 0.562. The molecule has 0 aliphatic carbocycles. The van der Waals surface area contributed by atoms with Gasteiger partial charge in [-0.15, -0.1) is 0 Å². The van der Waals surface area contributed by atoms with Gasteiger partial charge in [0.15, 0.2) is 5.96 Å². The van der Waals surface area contributed by atoms with Gasteiger partial charge in [-0.25, -0.2) is 4.99 Å². The Morgan fingerprint density at radius 1 is 1.35 bits per heavy atom. The highest BCUT2D eigenvalue weighted by atomic mass is 15.1. The minimum absolute atomic E-state index is 0.368. The second-order valence-electron chi connectivity index (χ2n) is 5.48. The summed E-state index contributed by atoms with van der Waals surface area (Å²) in [6.45, 7) is 7.19. The van der Waals surface area contributed by atoms with Crippen LogP contribution in [0.4, 0.5) is 5.69 Å². The Hall–Kier alpha value is -1.71. The monoisotopic (exact) mass is 274 g/mol. The van der Waals surface area contributed by atoms with Gasteiger partial charge in [-0.1, -0.05) is 25.1 Å². The molecule has 4 heteroatoms. The predicted molar refractivity (Wildman–Crippen MR) is 86.1 cm³/mol. The van der Waals surface area contributed by atoms with Crippen molar-refractivity contribution in [3.05, 3.63) is 29.8 Å². The third kappa shape index (κ3) is 3.89. The average molecular weight is 274 g/mol. The molecule has 0 bridgehead atoms. The largest absolute Gasteiger partial charge is 0.371 e. The molecule has 1 aliphatic rings. The highest BCUT2D eigenvalue weighted by Gasteiger charge is 2.14. The summed E-state index contributed by atoms with van der Waals surface area (Å²) in [5.74, 6) is 0.538. The minimum Gasteiger partial charge on any atom is -0.371 e. The minimum atomic E-state index is 0.368. The van der Waals surface area contributed by atoms with Crippen molar-refractivity contribution >= 4 is 11.6 Å². The molecule has 0 saturated carbocycles. The van der Waals surface area contributed by atoms with E-state index in [-0.39, 0.29) is 0 Å². The quantitative estimate of drug-likeness (QED) is 0.640. The summed E-state index contributed by atoms with van der Waals surface area (Å²) in [6, 6.07) is 8.87. The van der Waals surface area contributed by atoms with Gasteiger partial charge in [0, 0.05) is 24.8 Å². The second kappa shape index (κ2) is 7.17. The molecular weight excluding hydrogens is 248 g/mol. The Morgan fingerprint density at radius 3 is 2.75 bits per heavy atom. The number of nitrogens with one attached hydrogen (secondary N) is 1. The van der Waals surface area contributed by atoms with Crippen LogP contribution in [0.3, 0.4) is 0 Å². The fourth-order valence-electron chi connectivity index (χ4n) is 2.48. The number of hydrogen-bond donors (Lipinski definition) is 2. The van der Waals surface area contributed by atoms with Crippen LogP contribution in [0.25, 0.3) is 0 Å². The van der Waals surface area contributed by atoms with Gasteiger partial charge in [-0.2, -0.15) is 0 Å². The maximum atomic E-state index is 5.93. The van der Waals surface area contributed by atoms with Crippen LogP contribution in [-0.4, -0.2) is 25.1 Å². The molecular formula is C16H26N4. The molecule has 0 amide bonds. The molecule has 1 heterocycles. The van der Waals surface area contributed by atoms with E-state index in [1.165, 1.54) is 24.1 Å². The Morgan fingerprint density at radius 2 is 2.05 bits per heavy atom. The first-order chi connectivity index (χ1) is 9.70. The van der Waals surface area contributed by atoms with Gasteiger partial charge < -0.3 is 16.0 Å². The Balaban J connectivity index is 2.03.